The van der Waals surface area contributed by atoms with Crippen LogP contribution in [-0.4, -0.2) is 28.2 Å². The summed E-state index contributed by atoms with van der Waals surface area (Å²) in [6.45, 7) is 5.55. The first-order valence-corrected chi connectivity index (χ1v) is 10.6. The van der Waals surface area contributed by atoms with E-state index in [-0.39, 0.29) is 11.8 Å². The molecule has 0 atom stereocenters. The van der Waals surface area contributed by atoms with Gasteiger partial charge in [0, 0.05) is 36.0 Å². The first-order chi connectivity index (χ1) is 14.0. The lowest BCUT2D eigenvalue weighted by molar-refractivity contribution is -0.128. The molecule has 5 nitrogen and oxygen atoms in total. The van der Waals surface area contributed by atoms with Gasteiger partial charge in [0.05, 0.1) is 5.69 Å². The van der Waals surface area contributed by atoms with E-state index in [0.29, 0.717) is 23.7 Å². The molecule has 6 heteroatoms. The van der Waals surface area contributed by atoms with E-state index in [0.717, 1.165) is 29.8 Å². The molecule has 1 aliphatic heterocycles. The summed E-state index contributed by atoms with van der Waals surface area (Å²) in [4.78, 5) is 30.8. The summed E-state index contributed by atoms with van der Waals surface area (Å²) in [7, 11) is 0. The highest BCUT2D eigenvalue weighted by atomic mass is 32.1. The van der Waals surface area contributed by atoms with Crippen LogP contribution in [0.2, 0.25) is 0 Å². The van der Waals surface area contributed by atoms with Crippen molar-refractivity contribution in [1.82, 2.24) is 9.88 Å². The SMILES string of the molecule is Cc1ccc(-c2csc(NC(=O)c3ccc(CN4CCCC4=O)cc3)n2)c(C)c1. The zero-order chi connectivity index (χ0) is 20.4. The Balaban J connectivity index is 1.41. The third kappa shape index (κ3) is 4.38. The number of hydrogen-bond acceptors (Lipinski definition) is 4. The molecule has 0 radical (unpaired) electrons. The topological polar surface area (TPSA) is 62.3 Å². The zero-order valence-electron chi connectivity index (χ0n) is 16.6. The molecule has 1 aliphatic rings. The van der Waals surface area contributed by atoms with Gasteiger partial charge in [0.15, 0.2) is 5.13 Å². The second-order valence-corrected chi connectivity index (χ2v) is 8.28. The Morgan fingerprint density at radius 1 is 1.17 bits per heavy atom. The largest absolute Gasteiger partial charge is 0.338 e. The second kappa shape index (κ2) is 8.17. The van der Waals surface area contributed by atoms with Crippen molar-refractivity contribution in [3.63, 3.8) is 0 Å². The van der Waals surface area contributed by atoms with Crippen LogP contribution in [0.1, 0.15) is 39.9 Å². The average molecular weight is 406 g/mol. The van der Waals surface area contributed by atoms with Gasteiger partial charge in [-0.15, -0.1) is 11.3 Å². The van der Waals surface area contributed by atoms with E-state index < -0.39 is 0 Å². The van der Waals surface area contributed by atoms with Crippen LogP contribution < -0.4 is 5.32 Å². The van der Waals surface area contributed by atoms with Crippen LogP contribution in [0.25, 0.3) is 11.3 Å². The lowest BCUT2D eigenvalue weighted by Gasteiger charge is -2.15. The Morgan fingerprint density at radius 3 is 2.66 bits per heavy atom. The monoisotopic (exact) mass is 405 g/mol. The predicted octanol–water partition coefficient (Wildman–Crippen LogP) is 4.80. The van der Waals surface area contributed by atoms with E-state index in [1.54, 1.807) is 12.1 Å². The van der Waals surface area contributed by atoms with Crippen molar-refractivity contribution < 1.29 is 9.59 Å². The maximum absolute atomic E-state index is 12.6. The normalized spacial score (nSPS) is 13.7. The van der Waals surface area contributed by atoms with Crippen molar-refractivity contribution in [2.45, 2.75) is 33.2 Å². The van der Waals surface area contributed by atoms with E-state index >= 15 is 0 Å². The first kappa shape index (κ1) is 19.3. The second-order valence-electron chi connectivity index (χ2n) is 7.43. The van der Waals surface area contributed by atoms with E-state index in [4.69, 9.17) is 0 Å². The minimum absolute atomic E-state index is 0.185. The summed E-state index contributed by atoms with van der Waals surface area (Å²) in [6.07, 6.45) is 1.57. The Bertz CT molecular complexity index is 1060. The smallest absolute Gasteiger partial charge is 0.257 e. The van der Waals surface area contributed by atoms with Crippen molar-refractivity contribution in [3.05, 3.63) is 70.1 Å². The molecule has 0 saturated carbocycles. The van der Waals surface area contributed by atoms with Gasteiger partial charge in [-0.25, -0.2) is 4.98 Å². The van der Waals surface area contributed by atoms with Gasteiger partial charge >= 0.3 is 0 Å². The molecule has 0 unspecified atom stereocenters. The minimum atomic E-state index is -0.185. The number of amides is 2. The number of benzene rings is 2. The maximum Gasteiger partial charge on any atom is 0.257 e. The number of likely N-dealkylation sites (tertiary alicyclic amines) is 1. The van der Waals surface area contributed by atoms with E-state index in [1.165, 1.54) is 22.5 Å². The third-order valence-corrected chi connectivity index (χ3v) is 5.90. The molecule has 0 spiro atoms. The Kier molecular flexibility index (Phi) is 5.45. The summed E-state index contributed by atoms with van der Waals surface area (Å²) in [6, 6.07) is 13.7. The van der Waals surface area contributed by atoms with Gasteiger partial charge in [0.25, 0.3) is 5.91 Å². The van der Waals surface area contributed by atoms with Crippen molar-refractivity contribution in [3.8, 4) is 11.3 Å². The average Bonchev–Trinajstić information content (AvgIpc) is 3.32. The van der Waals surface area contributed by atoms with Gasteiger partial charge in [-0.1, -0.05) is 35.9 Å². The lowest BCUT2D eigenvalue weighted by atomic mass is 10.0. The fraction of sp³-hybridized carbons (Fsp3) is 0.261. The third-order valence-electron chi connectivity index (χ3n) is 5.14. The molecule has 1 aromatic heterocycles. The lowest BCUT2D eigenvalue weighted by Crippen LogP contribution is -2.23. The summed E-state index contributed by atoms with van der Waals surface area (Å²) >= 11 is 1.42. The summed E-state index contributed by atoms with van der Waals surface area (Å²) in [5, 5.41) is 5.42. The molecule has 1 saturated heterocycles. The van der Waals surface area contributed by atoms with Crippen LogP contribution in [0.3, 0.4) is 0 Å². The number of aromatic nitrogens is 1. The molecule has 2 heterocycles. The number of aryl methyl sites for hydroxylation is 2. The van der Waals surface area contributed by atoms with Crippen LogP contribution in [-0.2, 0) is 11.3 Å². The van der Waals surface area contributed by atoms with Crippen molar-refractivity contribution >= 4 is 28.3 Å². The number of anilines is 1. The molecule has 2 amide bonds. The maximum atomic E-state index is 12.6. The summed E-state index contributed by atoms with van der Waals surface area (Å²) in [5.41, 5.74) is 5.93. The van der Waals surface area contributed by atoms with Crippen LogP contribution >= 0.6 is 11.3 Å². The highest BCUT2D eigenvalue weighted by Gasteiger charge is 2.20. The number of thiazole rings is 1. The fourth-order valence-corrected chi connectivity index (χ4v) is 4.28. The number of nitrogens with zero attached hydrogens (tertiary/aromatic N) is 2. The van der Waals surface area contributed by atoms with Gasteiger partial charge in [0.2, 0.25) is 5.91 Å². The molecule has 2 aromatic carbocycles. The Hall–Kier alpha value is -2.99. The minimum Gasteiger partial charge on any atom is -0.338 e. The fourth-order valence-electron chi connectivity index (χ4n) is 3.58. The van der Waals surface area contributed by atoms with Gasteiger partial charge < -0.3 is 4.90 Å². The number of carbonyl (C=O) groups excluding carboxylic acids is 2. The molecule has 3 aromatic rings. The van der Waals surface area contributed by atoms with Crippen molar-refractivity contribution in [2.75, 3.05) is 11.9 Å². The summed E-state index contributed by atoms with van der Waals surface area (Å²) < 4.78 is 0. The van der Waals surface area contributed by atoms with Crippen LogP contribution in [0.15, 0.2) is 47.8 Å². The molecule has 4 rings (SSSR count). The molecule has 1 fully saturated rings. The Morgan fingerprint density at radius 2 is 1.97 bits per heavy atom. The van der Waals surface area contributed by atoms with E-state index in [1.807, 2.05) is 22.4 Å². The van der Waals surface area contributed by atoms with Crippen LogP contribution in [0.4, 0.5) is 5.13 Å². The molecule has 148 valence electrons. The molecule has 0 bridgehead atoms. The van der Waals surface area contributed by atoms with Crippen molar-refractivity contribution in [1.29, 1.82) is 0 Å². The molecular weight excluding hydrogens is 382 g/mol. The van der Waals surface area contributed by atoms with Gasteiger partial charge in [0.1, 0.15) is 0 Å². The van der Waals surface area contributed by atoms with Crippen LogP contribution in [0.5, 0.6) is 0 Å². The number of rotatable bonds is 5. The number of hydrogen-bond donors (Lipinski definition) is 1. The first-order valence-electron chi connectivity index (χ1n) is 9.71. The highest BCUT2D eigenvalue weighted by Crippen LogP contribution is 2.28. The predicted molar refractivity (Wildman–Crippen MR) is 116 cm³/mol. The van der Waals surface area contributed by atoms with Gasteiger partial charge in [-0.2, -0.15) is 0 Å². The van der Waals surface area contributed by atoms with Gasteiger partial charge in [-0.05, 0) is 43.5 Å². The van der Waals surface area contributed by atoms with Crippen LogP contribution in [0, 0.1) is 13.8 Å². The molecule has 0 aliphatic carbocycles. The molecule has 1 N–H and O–H groups in total. The standard InChI is InChI=1S/C23H23N3O2S/c1-15-5-10-19(16(2)12-15)20-14-29-23(24-20)25-22(28)18-8-6-17(7-9-18)13-26-11-3-4-21(26)27/h5-10,12,14H,3-4,11,13H2,1-2H3,(H,24,25,28). The van der Waals surface area contributed by atoms with Crippen molar-refractivity contribution in [2.24, 2.45) is 0 Å². The number of carbonyl (C=O) groups is 2. The highest BCUT2D eigenvalue weighted by molar-refractivity contribution is 7.14. The zero-order valence-corrected chi connectivity index (χ0v) is 17.4. The van der Waals surface area contributed by atoms with E-state index in [9.17, 15) is 9.59 Å². The Labute approximate surface area is 174 Å². The molecular formula is C23H23N3O2S. The summed E-state index contributed by atoms with van der Waals surface area (Å²) in [5.74, 6) is 0.0190. The van der Waals surface area contributed by atoms with E-state index in [2.05, 4.69) is 42.3 Å². The number of nitrogens with one attached hydrogen (secondary N) is 1. The van der Waals surface area contributed by atoms with Gasteiger partial charge in [-0.3, -0.25) is 14.9 Å². The quantitative estimate of drug-likeness (QED) is 0.663. The molecule has 29 heavy (non-hydrogen) atoms.